The average Bonchev–Trinajstić information content (AvgIpc) is 3.16. The van der Waals surface area contributed by atoms with E-state index < -0.39 is 23.8 Å². The maximum absolute atomic E-state index is 13.0. The molecule has 0 unspecified atom stereocenters. The molecule has 0 fully saturated rings. The van der Waals surface area contributed by atoms with Crippen LogP contribution in [-0.4, -0.2) is 74.7 Å². The summed E-state index contributed by atoms with van der Waals surface area (Å²) in [6, 6.07) is 16.2. The Morgan fingerprint density at radius 2 is 1.54 bits per heavy atom. The summed E-state index contributed by atoms with van der Waals surface area (Å²) in [4.78, 5) is 38.0. The molecule has 2 aromatic carbocycles. The van der Waals surface area contributed by atoms with Gasteiger partial charge < -0.3 is 24.3 Å². The van der Waals surface area contributed by atoms with Gasteiger partial charge in [0.15, 0.2) is 0 Å². The zero-order valence-corrected chi connectivity index (χ0v) is 22.0. The molecule has 0 aliphatic heterocycles. The zero-order valence-electron chi connectivity index (χ0n) is 22.0. The van der Waals surface area contributed by atoms with Crippen molar-refractivity contribution in [2.75, 3.05) is 46.1 Å². The van der Waals surface area contributed by atoms with Crippen molar-refractivity contribution < 1.29 is 33.3 Å². The van der Waals surface area contributed by atoms with Gasteiger partial charge in [0.25, 0.3) is 0 Å². The van der Waals surface area contributed by atoms with E-state index in [1.165, 1.54) is 4.90 Å². The molecule has 9 nitrogen and oxygen atoms in total. The predicted octanol–water partition coefficient (Wildman–Crippen LogP) is 4.34. The van der Waals surface area contributed by atoms with Crippen LogP contribution in [0.2, 0.25) is 0 Å². The number of nitrogens with one attached hydrogen (secondary N) is 1. The van der Waals surface area contributed by atoms with Crippen LogP contribution in [-0.2, 0) is 23.7 Å². The fraction of sp³-hybridized carbons (Fsp3) is 0.464. The van der Waals surface area contributed by atoms with Crippen molar-refractivity contribution in [3.63, 3.8) is 0 Å². The quantitative estimate of drug-likeness (QED) is 0.271. The Kier molecular flexibility index (Phi) is 9.91. The summed E-state index contributed by atoms with van der Waals surface area (Å²) >= 11 is 0. The van der Waals surface area contributed by atoms with E-state index >= 15 is 0 Å². The second-order valence-corrected chi connectivity index (χ2v) is 9.57. The lowest BCUT2D eigenvalue weighted by atomic mass is 9.98. The van der Waals surface area contributed by atoms with Crippen LogP contribution < -0.4 is 5.32 Å². The molecule has 0 saturated heterocycles. The maximum atomic E-state index is 13.0. The summed E-state index contributed by atoms with van der Waals surface area (Å²) in [6.45, 7) is 7.91. The van der Waals surface area contributed by atoms with Gasteiger partial charge in [-0.2, -0.15) is 0 Å². The first kappa shape index (κ1) is 28.0. The fourth-order valence-electron chi connectivity index (χ4n) is 4.10. The van der Waals surface area contributed by atoms with Gasteiger partial charge in [-0.1, -0.05) is 48.5 Å². The van der Waals surface area contributed by atoms with E-state index in [-0.39, 0.29) is 52.0 Å². The number of esters is 1. The van der Waals surface area contributed by atoms with Crippen molar-refractivity contribution in [2.24, 2.45) is 0 Å². The molecule has 0 aromatic heterocycles. The number of nitrogens with zero attached hydrogens (tertiary/aromatic N) is 1. The first-order chi connectivity index (χ1) is 17.7. The Bertz CT molecular complexity index is 1030. The predicted molar refractivity (Wildman–Crippen MR) is 138 cm³/mol. The largest absolute Gasteiger partial charge is 0.465 e. The van der Waals surface area contributed by atoms with Crippen molar-refractivity contribution in [1.29, 1.82) is 0 Å². The third-order valence-corrected chi connectivity index (χ3v) is 5.64. The van der Waals surface area contributed by atoms with Gasteiger partial charge in [0.2, 0.25) is 0 Å². The molecule has 2 amide bonds. The van der Waals surface area contributed by atoms with Crippen molar-refractivity contribution in [1.82, 2.24) is 10.2 Å². The first-order valence-electron chi connectivity index (χ1n) is 12.5. The summed E-state index contributed by atoms with van der Waals surface area (Å²) in [6.07, 6.45) is -1.15. The van der Waals surface area contributed by atoms with Crippen molar-refractivity contribution in [2.45, 2.75) is 39.2 Å². The number of hydrogen-bond donors (Lipinski definition) is 1. The highest BCUT2D eigenvalue weighted by Crippen LogP contribution is 2.44. The van der Waals surface area contributed by atoms with Crippen molar-refractivity contribution in [3.05, 3.63) is 59.7 Å². The van der Waals surface area contributed by atoms with E-state index in [1.54, 1.807) is 27.7 Å². The minimum Gasteiger partial charge on any atom is -0.465 e. The Balaban J connectivity index is 1.53. The first-order valence-corrected chi connectivity index (χ1v) is 12.5. The topological polar surface area (TPSA) is 103 Å². The number of fused-ring (bicyclic) bond motifs is 3. The minimum absolute atomic E-state index is 0.0871. The molecule has 0 radical (unpaired) electrons. The van der Waals surface area contributed by atoms with Gasteiger partial charge in [0.05, 0.1) is 19.8 Å². The molecule has 37 heavy (non-hydrogen) atoms. The fourth-order valence-corrected chi connectivity index (χ4v) is 4.10. The molecule has 0 atom stereocenters. The Morgan fingerprint density at radius 3 is 2.14 bits per heavy atom. The molecule has 0 bridgehead atoms. The van der Waals surface area contributed by atoms with E-state index in [1.807, 2.05) is 36.4 Å². The lowest BCUT2D eigenvalue weighted by Crippen LogP contribution is -2.40. The number of carbonyl (C=O) groups excluding carboxylic acids is 3. The number of hydrogen-bond acceptors (Lipinski definition) is 7. The second kappa shape index (κ2) is 13.1. The molecular weight excluding hydrogens is 476 g/mol. The number of rotatable bonds is 11. The Morgan fingerprint density at radius 1 is 0.919 bits per heavy atom. The highest BCUT2D eigenvalue weighted by atomic mass is 16.6. The Labute approximate surface area is 218 Å². The molecule has 0 saturated carbocycles. The summed E-state index contributed by atoms with van der Waals surface area (Å²) in [7, 11) is 0. The van der Waals surface area contributed by atoms with Gasteiger partial charge in [-0.15, -0.1) is 0 Å². The van der Waals surface area contributed by atoms with E-state index in [2.05, 4.69) is 17.4 Å². The van der Waals surface area contributed by atoms with Crippen LogP contribution in [0.3, 0.4) is 0 Å². The number of carbonyl (C=O) groups is 3. The summed E-state index contributed by atoms with van der Waals surface area (Å²) in [5.74, 6) is -0.612. The van der Waals surface area contributed by atoms with E-state index in [4.69, 9.17) is 18.9 Å². The van der Waals surface area contributed by atoms with Crippen LogP contribution >= 0.6 is 0 Å². The third kappa shape index (κ3) is 8.21. The number of benzene rings is 2. The zero-order chi connectivity index (χ0) is 26.8. The van der Waals surface area contributed by atoms with Gasteiger partial charge in [0.1, 0.15) is 18.8 Å². The van der Waals surface area contributed by atoms with Crippen LogP contribution in [0.25, 0.3) is 11.1 Å². The summed E-state index contributed by atoms with van der Waals surface area (Å²) in [5.41, 5.74) is 3.90. The third-order valence-electron chi connectivity index (χ3n) is 5.64. The normalized spacial score (nSPS) is 12.3. The monoisotopic (exact) mass is 512 g/mol. The average molecular weight is 513 g/mol. The van der Waals surface area contributed by atoms with E-state index in [0.717, 1.165) is 22.3 Å². The lowest BCUT2D eigenvalue weighted by molar-refractivity contribution is -0.144. The summed E-state index contributed by atoms with van der Waals surface area (Å²) in [5, 5.41) is 2.60. The molecule has 1 aliphatic rings. The van der Waals surface area contributed by atoms with Gasteiger partial charge in [-0.25, -0.2) is 9.59 Å². The number of ether oxygens (including phenoxy) is 4. The highest BCUT2D eigenvalue weighted by molar-refractivity contribution is 5.80. The summed E-state index contributed by atoms with van der Waals surface area (Å²) < 4.78 is 21.4. The smallest absolute Gasteiger partial charge is 0.410 e. The molecule has 2 aromatic rings. The SMILES string of the molecule is CCOC(=O)CN(CCOCCNC(=O)OC(C)(C)C)C(=O)OCC1c2ccccc2-c2ccccc21. The molecule has 1 N–H and O–H groups in total. The van der Waals surface area contributed by atoms with Crippen LogP contribution in [0, 0.1) is 0 Å². The van der Waals surface area contributed by atoms with Crippen LogP contribution in [0.15, 0.2) is 48.5 Å². The van der Waals surface area contributed by atoms with Crippen LogP contribution in [0.4, 0.5) is 9.59 Å². The molecular formula is C28H36N2O7. The minimum atomic E-state index is -0.620. The highest BCUT2D eigenvalue weighted by Gasteiger charge is 2.30. The second-order valence-electron chi connectivity index (χ2n) is 9.57. The molecule has 0 heterocycles. The molecule has 3 rings (SSSR count). The maximum Gasteiger partial charge on any atom is 0.410 e. The molecule has 9 heteroatoms. The molecule has 200 valence electrons. The van der Waals surface area contributed by atoms with Crippen LogP contribution in [0.1, 0.15) is 44.7 Å². The van der Waals surface area contributed by atoms with Crippen LogP contribution in [0.5, 0.6) is 0 Å². The molecule has 0 spiro atoms. The van der Waals surface area contributed by atoms with Gasteiger partial charge >= 0.3 is 18.2 Å². The van der Waals surface area contributed by atoms with Crippen molar-refractivity contribution in [3.8, 4) is 11.1 Å². The van der Waals surface area contributed by atoms with Gasteiger partial charge in [-0.3, -0.25) is 9.69 Å². The van der Waals surface area contributed by atoms with Gasteiger partial charge in [0, 0.05) is 19.0 Å². The van der Waals surface area contributed by atoms with E-state index in [0.29, 0.717) is 0 Å². The Hall–Kier alpha value is -3.59. The molecule has 1 aliphatic carbocycles. The number of amides is 2. The number of alkyl carbamates (subject to hydrolysis) is 1. The van der Waals surface area contributed by atoms with Gasteiger partial charge in [-0.05, 0) is 49.9 Å². The van der Waals surface area contributed by atoms with E-state index in [9.17, 15) is 14.4 Å². The lowest BCUT2D eigenvalue weighted by Gasteiger charge is -2.23. The standard InChI is InChI=1S/C28H36N2O7/c1-5-35-25(31)18-30(15-17-34-16-14-29-26(32)37-28(2,3)4)27(33)36-19-24-22-12-8-6-10-20(22)21-11-7-9-13-23(21)24/h6-13,24H,5,14-19H2,1-4H3,(H,29,32). The van der Waals surface area contributed by atoms with Crippen molar-refractivity contribution >= 4 is 18.2 Å².